The van der Waals surface area contributed by atoms with E-state index >= 15 is 4.79 Å². The van der Waals surface area contributed by atoms with Gasteiger partial charge in [-0.05, 0) is 63.4 Å². The molecule has 0 saturated carbocycles. The van der Waals surface area contributed by atoms with E-state index in [1.54, 1.807) is 18.0 Å². The highest BCUT2D eigenvalue weighted by atomic mass is 16.3. The molecule has 4 aromatic rings. The summed E-state index contributed by atoms with van der Waals surface area (Å²) in [4.78, 5) is 30.3. The summed E-state index contributed by atoms with van der Waals surface area (Å²) >= 11 is 0. The first kappa shape index (κ1) is 31.1. The van der Waals surface area contributed by atoms with Crippen molar-refractivity contribution in [2.24, 2.45) is 7.05 Å². The number of amides is 1. The van der Waals surface area contributed by atoms with Crippen LogP contribution in [-0.2, 0) is 17.9 Å². The number of aromatic nitrogens is 1. The van der Waals surface area contributed by atoms with Crippen LogP contribution in [0.15, 0.2) is 65.5 Å². The predicted molar refractivity (Wildman–Crippen MR) is 176 cm³/mol. The molecule has 0 unspecified atom stereocenters. The second kappa shape index (κ2) is 11.1. The van der Waals surface area contributed by atoms with E-state index in [1.165, 1.54) is 4.57 Å². The van der Waals surface area contributed by atoms with Crippen molar-refractivity contribution in [2.75, 3.05) is 4.90 Å². The van der Waals surface area contributed by atoms with Gasteiger partial charge in [-0.3, -0.25) is 14.5 Å². The third-order valence-electron chi connectivity index (χ3n) is 8.11. The largest absolute Gasteiger partial charge is 0.507 e. The highest BCUT2D eigenvalue weighted by Gasteiger charge is 2.33. The Hall–Kier alpha value is -3.86. The lowest BCUT2D eigenvalue weighted by Gasteiger charge is -2.34. The second-order valence-electron chi connectivity index (χ2n) is 14.1. The molecular weight excluding hydrogens is 520 g/mol. The molecule has 1 heterocycles. The van der Waals surface area contributed by atoms with Gasteiger partial charge in [0.25, 0.3) is 11.5 Å². The first-order valence-corrected chi connectivity index (χ1v) is 14.9. The maximum Gasteiger partial charge on any atom is 0.279 e. The van der Waals surface area contributed by atoms with Crippen molar-refractivity contribution in [1.29, 1.82) is 0 Å². The molecule has 0 aliphatic carbocycles. The quantitative estimate of drug-likeness (QED) is 0.262. The molecule has 0 atom stereocenters. The molecule has 5 heteroatoms. The lowest BCUT2D eigenvalue weighted by atomic mass is 9.79. The minimum Gasteiger partial charge on any atom is -0.507 e. The van der Waals surface area contributed by atoms with Crippen LogP contribution in [0.1, 0.15) is 114 Å². The molecule has 0 radical (unpaired) electrons. The number of aromatic hydroxyl groups is 1. The van der Waals surface area contributed by atoms with Crippen LogP contribution in [0.3, 0.4) is 0 Å². The van der Waals surface area contributed by atoms with Gasteiger partial charge in [-0.25, -0.2) is 0 Å². The Kier molecular flexibility index (Phi) is 8.21. The van der Waals surface area contributed by atoms with E-state index < -0.39 is 0 Å². The number of phenolic OH excluding ortho intramolecular Hbond substituents is 1. The van der Waals surface area contributed by atoms with E-state index in [4.69, 9.17) is 0 Å². The molecule has 0 bridgehead atoms. The third kappa shape index (κ3) is 5.62. The summed E-state index contributed by atoms with van der Waals surface area (Å²) in [5.41, 5.74) is 4.44. The fourth-order valence-electron chi connectivity index (χ4n) is 5.68. The van der Waals surface area contributed by atoms with Crippen LogP contribution in [0.25, 0.3) is 10.8 Å². The van der Waals surface area contributed by atoms with Gasteiger partial charge in [0.2, 0.25) is 0 Å². The molecule has 0 spiro atoms. The van der Waals surface area contributed by atoms with E-state index in [2.05, 4.69) is 87.4 Å². The molecule has 1 N–H and O–H groups in total. The number of carbonyl (C=O) groups is 1. The number of pyridine rings is 1. The van der Waals surface area contributed by atoms with Crippen LogP contribution in [-0.4, -0.2) is 15.6 Å². The topological polar surface area (TPSA) is 62.5 Å². The summed E-state index contributed by atoms with van der Waals surface area (Å²) < 4.78 is 1.46. The lowest BCUT2D eigenvalue weighted by molar-refractivity contribution is 0.0990. The van der Waals surface area contributed by atoms with Crippen LogP contribution >= 0.6 is 0 Å². The second-order valence-corrected chi connectivity index (χ2v) is 14.1. The summed E-state index contributed by atoms with van der Waals surface area (Å²) in [6, 6.07) is 19.3. The summed E-state index contributed by atoms with van der Waals surface area (Å²) in [5, 5.41) is 12.8. The maximum absolute atomic E-state index is 15.0. The average molecular weight is 567 g/mol. The number of fused-ring (bicyclic) bond motifs is 1. The predicted octanol–water partition coefficient (Wildman–Crippen LogP) is 9.06. The lowest BCUT2D eigenvalue weighted by Crippen LogP contribution is -2.34. The monoisotopic (exact) mass is 566 g/mol. The number of phenols is 1. The Labute approximate surface area is 250 Å². The van der Waals surface area contributed by atoms with Gasteiger partial charge in [-0.15, -0.1) is 0 Å². The Morgan fingerprint density at radius 3 is 1.76 bits per heavy atom. The van der Waals surface area contributed by atoms with Crippen LogP contribution < -0.4 is 10.5 Å². The van der Waals surface area contributed by atoms with Gasteiger partial charge < -0.3 is 9.67 Å². The van der Waals surface area contributed by atoms with Gasteiger partial charge >= 0.3 is 0 Å². The fraction of sp³-hybridized carbons (Fsp3) is 0.405. The van der Waals surface area contributed by atoms with E-state index in [1.807, 2.05) is 36.4 Å². The van der Waals surface area contributed by atoms with Crippen molar-refractivity contribution in [3.05, 3.63) is 99.0 Å². The summed E-state index contributed by atoms with van der Waals surface area (Å²) in [6.07, 6.45) is 0. The standard InChI is InChI=1S/C37H46N2O3/c1-22(2)26-17-14-18-27(23(3)4)32(26)39(25-20-29(36(5,6)7)33(40)30(21-25)37(8,9)10)35(42)31-19-24-15-12-13-16-28(24)34(41)38(31)11/h12-23,40H,1-11H3. The SMILES string of the molecule is CC(C)c1cccc(C(C)C)c1N(C(=O)c1cc2ccccc2c(=O)n1C)c1cc(C(C)(C)C)c(O)c(C(C)(C)C)c1. The molecule has 4 rings (SSSR count). The first-order valence-electron chi connectivity index (χ1n) is 14.9. The Bertz CT molecular complexity index is 1650. The van der Waals surface area contributed by atoms with E-state index in [0.29, 0.717) is 16.8 Å². The molecule has 3 aromatic carbocycles. The molecule has 42 heavy (non-hydrogen) atoms. The van der Waals surface area contributed by atoms with E-state index in [-0.39, 0.29) is 39.9 Å². The summed E-state index contributed by atoms with van der Waals surface area (Å²) in [6.45, 7) is 20.9. The molecule has 0 aliphatic rings. The molecule has 0 fully saturated rings. The van der Waals surface area contributed by atoms with Crippen molar-refractivity contribution in [3.63, 3.8) is 0 Å². The summed E-state index contributed by atoms with van der Waals surface area (Å²) in [5.74, 6) is 0.234. The number of benzene rings is 3. The van der Waals surface area contributed by atoms with Crippen molar-refractivity contribution in [3.8, 4) is 5.75 Å². The number of rotatable bonds is 5. The Morgan fingerprint density at radius 1 is 0.786 bits per heavy atom. The van der Waals surface area contributed by atoms with E-state index in [9.17, 15) is 9.90 Å². The smallest absolute Gasteiger partial charge is 0.279 e. The van der Waals surface area contributed by atoms with Crippen LogP contribution in [0.2, 0.25) is 0 Å². The zero-order valence-corrected chi connectivity index (χ0v) is 27.1. The summed E-state index contributed by atoms with van der Waals surface area (Å²) in [7, 11) is 1.66. The van der Waals surface area contributed by atoms with Gasteiger partial charge in [0.05, 0.1) is 11.4 Å². The van der Waals surface area contributed by atoms with Crippen LogP contribution in [0.4, 0.5) is 11.4 Å². The average Bonchev–Trinajstić information content (AvgIpc) is 2.90. The van der Waals surface area contributed by atoms with Crippen molar-refractivity contribution < 1.29 is 9.90 Å². The van der Waals surface area contributed by atoms with Crippen molar-refractivity contribution >= 4 is 28.1 Å². The number of nitrogens with zero attached hydrogens (tertiary/aromatic N) is 2. The highest BCUT2D eigenvalue weighted by Crippen LogP contribution is 2.46. The van der Waals surface area contributed by atoms with E-state index in [0.717, 1.165) is 33.3 Å². The zero-order valence-electron chi connectivity index (χ0n) is 27.1. The molecule has 222 valence electrons. The Balaban J connectivity index is 2.18. The first-order chi connectivity index (χ1) is 19.4. The minimum atomic E-state index is -0.386. The molecule has 0 saturated heterocycles. The van der Waals surface area contributed by atoms with Gasteiger partial charge in [0.1, 0.15) is 11.4 Å². The minimum absolute atomic E-state index is 0.135. The normalized spacial score (nSPS) is 12.4. The highest BCUT2D eigenvalue weighted by molar-refractivity contribution is 6.12. The van der Waals surface area contributed by atoms with Gasteiger partial charge in [0, 0.05) is 23.6 Å². The third-order valence-corrected chi connectivity index (χ3v) is 8.11. The molecular formula is C37H46N2O3. The molecule has 0 aliphatic heterocycles. The van der Waals surface area contributed by atoms with Crippen LogP contribution in [0, 0.1) is 0 Å². The molecule has 5 nitrogen and oxygen atoms in total. The number of anilines is 2. The van der Waals surface area contributed by atoms with Crippen LogP contribution in [0.5, 0.6) is 5.75 Å². The molecule has 1 amide bonds. The number of para-hydroxylation sites is 1. The van der Waals surface area contributed by atoms with Gasteiger partial charge in [-0.2, -0.15) is 0 Å². The maximum atomic E-state index is 15.0. The van der Waals surface area contributed by atoms with Crippen molar-refractivity contribution in [2.45, 2.75) is 91.9 Å². The number of hydrogen-bond acceptors (Lipinski definition) is 3. The van der Waals surface area contributed by atoms with Gasteiger partial charge in [0.15, 0.2) is 0 Å². The van der Waals surface area contributed by atoms with Crippen molar-refractivity contribution in [1.82, 2.24) is 4.57 Å². The number of carbonyl (C=O) groups excluding carboxylic acids is 1. The molecule has 1 aromatic heterocycles. The fourth-order valence-corrected chi connectivity index (χ4v) is 5.68. The number of hydrogen-bond donors (Lipinski definition) is 1. The zero-order chi connectivity index (χ0) is 31.3. The van der Waals surface area contributed by atoms with Gasteiger partial charge in [-0.1, -0.05) is 106 Å². The Morgan fingerprint density at radius 2 is 1.29 bits per heavy atom.